The fourth-order valence-corrected chi connectivity index (χ4v) is 8.71. The average molecular weight is 441 g/mol. The summed E-state index contributed by atoms with van der Waals surface area (Å²) in [6.45, 7) is 5.72. The van der Waals surface area contributed by atoms with Gasteiger partial charge in [0.05, 0.1) is 11.3 Å². The summed E-state index contributed by atoms with van der Waals surface area (Å²) in [5, 5.41) is 11.3. The highest BCUT2D eigenvalue weighted by molar-refractivity contribution is 8.14. The van der Waals surface area contributed by atoms with Gasteiger partial charge in [0.1, 0.15) is 5.60 Å². The molecule has 0 aromatic heterocycles. The summed E-state index contributed by atoms with van der Waals surface area (Å²) in [7, 11) is 0. The summed E-state index contributed by atoms with van der Waals surface area (Å²) >= 11 is 6.86. The van der Waals surface area contributed by atoms with Gasteiger partial charge in [-0.05, 0) is 57.6 Å². The molecule has 1 saturated heterocycles. The molecule has 3 saturated carbocycles. The maximum Gasteiger partial charge on any atom is 0.225 e. The highest BCUT2D eigenvalue weighted by Crippen LogP contribution is 2.79. The van der Waals surface area contributed by atoms with E-state index in [-0.39, 0.29) is 28.4 Å². The number of carbonyl (C=O) groups excluding carboxylic acids is 2. The van der Waals surface area contributed by atoms with Gasteiger partial charge in [-0.25, -0.2) is 4.39 Å². The van der Waals surface area contributed by atoms with Gasteiger partial charge in [-0.15, -0.1) is 11.6 Å². The quantitative estimate of drug-likeness (QED) is 0.520. The molecule has 0 unspecified atom stereocenters. The molecular formula is C22H26ClFO4S. The molecule has 158 valence electrons. The zero-order valence-electron chi connectivity index (χ0n) is 16.8. The molecule has 7 heteroatoms. The number of fused-ring (bicyclic) bond motifs is 7. The molecule has 4 nitrogen and oxygen atoms in total. The van der Waals surface area contributed by atoms with E-state index in [0.717, 1.165) is 17.3 Å². The number of aliphatic hydroxyl groups is 1. The third-order valence-electron chi connectivity index (χ3n) is 9.00. The number of allylic oxidation sites excluding steroid dienone is 4. The molecule has 0 amide bonds. The van der Waals surface area contributed by atoms with E-state index >= 15 is 4.39 Å². The predicted octanol–water partition coefficient (Wildman–Crippen LogP) is 3.95. The van der Waals surface area contributed by atoms with Crippen LogP contribution in [0.15, 0.2) is 23.8 Å². The first-order chi connectivity index (χ1) is 13.5. The van der Waals surface area contributed by atoms with Crippen molar-refractivity contribution in [3.05, 3.63) is 23.8 Å². The first kappa shape index (κ1) is 20.2. The Morgan fingerprint density at radius 3 is 2.76 bits per heavy atom. The molecule has 29 heavy (non-hydrogen) atoms. The number of alkyl halides is 2. The lowest BCUT2D eigenvalue weighted by atomic mass is 9.45. The van der Waals surface area contributed by atoms with Crippen molar-refractivity contribution in [2.75, 3.05) is 5.21 Å². The van der Waals surface area contributed by atoms with Gasteiger partial charge in [0, 0.05) is 16.7 Å². The highest BCUT2D eigenvalue weighted by Gasteiger charge is 2.88. The molecular weight excluding hydrogens is 415 g/mol. The molecule has 1 heterocycles. The summed E-state index contributed by atoms with van der Waals surface area (Å²) in [5.74, 6) is -0.616. The van der Waals surface area contributed by atoms with Gasteiger partial charge in [0.15, 0.2) is 17.1 Å². The molecule has 5 rings (SSSR count). The van der Waals surface area contributed by atoms with Crippen LogP contribution in [-0.2, 0) is 14.3 Å². The third kappa shape index (κ3) is 2.05. The van der Waals surface area contributed by atoms with E-state index in [1.54, 1.807) is 13.0 Å². The normalized spacial score (nSPS) is 54.8. The molecule has 8 atom stereocenters. The fourth-order valence-electron chi connectivity index (χ4n) is 7.62. The number of epoxide rings is 1. The van der Waals surface area contributed by atoms with E-state index in [1.165, 1.54) is 12.2 Å². The van der Waals surface area contributed by atoms with Crippen molar-refractivity contribution in [3.63, 3.8) is 0 Å². The number of ketones is 1. The minimum absolute atomic E-state index is 0.0843. The van der Waals surface area contributed by atoms with Crippen LogP contribution < -0.4 is 0 Å². The van der Waals surface area contributed by atoms with Crippen molar-refractivity contribution in [2.24, 2.45) is 22.7 Å². The number of carbonyl (C=O) groups is 2. The maximum absolute atomic E-state index is 17.0. The smallest absolute Gasteiger partial charge is 0.225 e. The van der Waals surface area contributed by atoms with Gasteiger partial charge in [-0.3, -0.25) is 9.59 Å². The van der Waals surface area contributed by atoms with Crippen LogP contribution in [0, 0.1) is 22.7 Å². The Balaban J connectivity index is 1.60. The second-order valence-electron chi connectivity index (χ2n) is 10.0. The van der Waals surface area contributed by atoms with Gasteiger partial charge in [0.25, 0.3) is 0 Å². The number of thioether (sulfide) groups is 1. The number of rotatable bonds is 2. The van der Waals surface area contributed by atoms with E-state index in [0.29, 0.717) is 19.3 Å². The number of hydrogen-bond donors (Lipinski definition) is 1. The molecule has 4 aliphatic carbocycles. The molecule has 1 aliphatic heterocycles. The van der Waals surface area contributed by atoms with Gasteiger partial charge >= 0.3 is 0 Å². The van der Waals surface area contributed by atoms with E-state index in [4.69, 9.17) is 16.3 Å². The number of halogens is 2. The van der Waals surface area contributed by atoms with Crippen molar-refractivity contribution in [2.45, 2.75) is 69.4 Å². The molecule has 0 spiro atoms. The first-order valence-electron chi connectivity index (χ1n) is 10.2. The molecule has 1 N–H and O–H groups in total. The van der Waals surface area contributed by atoms with Gasteiger partial charge in [-0.2, -0.15) is 0 Å². The third-order valence-corrected chi connectivity index (χ3v) is 9.99. The Morgan fingerprint density at radius 2 is 2.07 bits per heavy atom. The summed E-state index contributed by atoms with van der Waals surface area (Å²) < 4.78 is 23.1. The topological polar surface area (TPSA) is 66.9 Å². The molecule has 4 fully saturated rings. The van der Waals surface area contributed by atoms with Crippen LogP contribution in [-0.4, -0.2) is 44.2 Å². The molecule has 5 aliphatic rings. The maximum atomic E-state index is 17.0. The Bertz CT molecular complexity index is 890. The minimum Gasteiger partial charge on any atom is -0.390 e. The van der Waals surface area contributed by atoms with Gasteiger partial charge < -0.3 is 9.84 Å². The van der Waals surface area contributed by atoms with Crippen LogP contribution in [0.1, 0.15) is 46.5 Å². The van der Waals surface area contributed by atoms with Crippen molar-refractivity contribution < 1.29 is 23.8 Å². The Labute approximate surface area is 179 Å². The Kier molecular flexibility index (Phi) is 4.01. The van der Waals surface area contributed by atoms with E-state index in [2.05, 4.69) is 0 Å². The fraction of sp³-hybridized carbons (Fsp3) is 0.727. The summed E-state index contributed by atoms with van der Waals surface area (Å²) in [4.78, 5) is 25.0. The Morgan fingerprint density at radius 1 is 1.34 bits per heavy atom. The lowest BCUT2D eigenvalue weighted by Crippen LogP contribution is -2.68. The lowest BCUT2D eigenvalue weighted by Gasteiger charge is -2.62. The van der Waals surface area contributed by atoms with Crippen LogP contribution >= 0.6 is 23.4 Å². The standard InChI is InChI=1S/C22H26ClFO4S/c1-18-7-6-13(25)8-12(18)4-5-14-15-9-20(3)22(28-20,17(27)29-11-23)19(15,2)10-16(26)21(14,18)24/h6-8,14-16,26H,4-5,9-11H2,1-3H3/t14-,15-,16-,18-,19-,20+,21-,22-/m0/s1. The second-order valence-corrected chi connectivity index (χ2v) is 11.6. The highest BCUT2D eigenvalue weighted by atomic mass is 35.5. The van der Waals surface area contributed by atoms with E-state index in [9.17, 15) is 14.7 Å². The van der Waals surface area contributed by atoms with E-state index < -0.39 is 39.7 Å². The summed E-state index contributed by atoms with van der Waals surface area (Å²) in [6, 6.07) is 0. The predicted molar refractivity (Wildman–Crippen MR) is 109 cm³/mol. The van der Waals surface area contributed by atoms with Crippen LogP contribution in [0.25, 0.3) is 0 Å². The van der Waals surface area contributed by atoms with Gasteiger partial charge in [-0.1, -0.05) is 30.3 Å². The van der Waals surface area contributed by atoms with Crippen molar-refractivity contribution in [1.82, 2.24) is 0 Å². The van der Waals surface area contributed by atoms with Crippen LogP contribution in [0.2, 0.25) is 0 Å². The SMILES string of the molecule is C[C@@]12C[C@H]3[C@@H]4CCC5=CC(=O)C=C[C@]5(C)[C@@]4(F)[C@@H](O)C[C@]3(C)[C@]1(C(=O)SCCl)O2. The van der Waals surface area contributed by atoms with Crippen LogP contribution in [0.5, 0.6) is 0 Å². The number of aliphatic hydroxyl groups excluding tert-OH is 1. The summed E-state index contributed by atoms with van der Waals surface area (Å²) in [6.07, 6.45) is 5.29. The number of hydrogen-bond acceptors (Lipinski definition) is 5. The summed E-state index contributed by atoms with van der Waals surface area (Å²) in [5.41, 5.74) is -4.43. The molecule has 0 aromatic carbocycles. The van der Waals surface area contributed by atoms with Crippen LogP contribution in [0.4, 0.5) is 4.39 Å². The van der Waals surface area contributed by atoms with Crippen molar-refractivity contribution in [1.29, 1.82) is 0 Å². The zero-order valence-corrected chi connectivity index (χ0v) is 18.4. The van der Waals surface area contributed by atoms with Crippen molar-refractivity contribution in [3.8, 4) is 0 Å². The van der Waals surface area contributed by atoms with Crippen LogP contribution in [0.3, 0.4) is 0 Å². The molecule has 0 bridgehead atoms. The molecule has 0 radical (unpaired) electrons. The van der Waals surface area contributed by atoms with E-state index in [1.807, 2.05) is 13.8 Å². The number of ether oxygens (including phenoxy) is 1. The first-order valence-corrected chi connectivity index (χ1v) is 11.8. The Hall–Kier alpha value is -0.690. The minimum atomic E-state index is -1.88. The second kappa shape index (κ2) is 5.76. The molecule has 0 aromatic rings. The average Bonchev–Trinajstić information content (AvgIpc) is 3.23. The lowest BCUT2D eigenvalue weighted by molar-refractivity contribution is -0.206. The zero-order chi connectivity index (χ0) is 21.0. The monoisotopic (exact) mass is 440 g/mol. The van der Waals surface area contributed by atoms with Crippen molar-refractivity contribution >= 4 is 34.3 Å². The van der Waals surface area contributed by atoms with Gasteiger partial charge in [0.2, 0.25) is 5.12 Å². The largest absolute Gasteiger partial charge is 0.390 e.